The summed E-state index contributed by atoms with van der Waals surface area (Å²) >= 11 is 0. The zero-order valence-corrected chi connectivity index (χ0v) is 13.6. The standard InChI is InChI=1S/C18H23N3O2/c1-14(2)16-5-3-15(4-6-16)13-19-11-12-20-17-7-9-18(10-8-17)21(22)23/h3-10,14,19-20H,11-13H2,1-2H3. The molecule has 0 bridgehead atoms. The van der Waals surface area contributed by atoms with Crippen LogP contribution in [0.1, 0.15) is 30.9 Å². The quantitative estimate of drug-likeness (QED) is 0.440. The zero-order valence-electron chi connectivity index (χ0n) is 13.6. The lowest BCUT2D eigenvalue weighted by Gasteiger charge is -2.09. The maximum absolute atomic E-state index is 10.6. The molecule has 2 rings (SSSR count). The normalized spacial score (nSPS) is 10.7. The number of anilines is 1. The minimum Gasteiger partial charge on any atom is -0.384 e. The SMILES string of the molecule is CC(C)c1ccc(CNCCNc2ccc([N+](=O)[O-])cc2)cc1. The van der Waals surface area contributed by atoms with E-state index in [0.717, 1.165) is 25.3 Å². The summed E-state index contributed by atoms with van der Waals surface area (Å²) in [5.41, 5.74) is 3.62. The number of benzene rings is 2. The summed E-state index contributed by atoms with van der Waals surface area (Å²) in [5, 5.41) is 17.2. The Hall–Kier alpha value is -2.40. The van der Waals surface area contributed by atoms with E-state index < -0.39 is 4.92 Å². The Morgan fingerprint density at radius 3 is 2.22 bits per heavy atom. The number of hydrogen-bond acceptors (Lipinski definition) is 4. The molecule has 0 unspecified atom stereocenters. The van der Waals surface area contributed by atoms with E-state index >= 15 is 0 Å². The fourth-order valence-corrected chi connectivity index (χ4v) is 2.25. The van der Waals surface area contributed by atoms with Crippen LogP contribution in [0.4, 0.5) is 11.4 Å². The van der Waals surface area contributed by atoms with Crippen LogP contribution in [0.5, 0.6) is 0 Å². The lowest BCUT2D eigenvalue weighted by Crippen LogP contribution is -2.21. The molecular weight excluding hydrogens is 290 g/mol. The molecular formula is C18H23N3O2. The fourth-order valence-electron chi connectivity index (χ4n) is 2.25. The molecule has 0 aliphatic heterocycles. The number of nitro groups is 1. The molecule has 0 spiro atoms. The summed E-state index contributed by atoms with van der Waals surface area (Å²) < 4.78 is 0. The van der Waals surface area contributed by atoms with E-state index in [2.05, 4.69) is 48.7 Å². The van der Waals surface area contributed by atoms with Gasteiger partial charge in [0.05, 0.1) is 4.92 Å². The zero-order chi connectivity index (χ0) is 16.7. The first-order valence-electron chi connectivity index (χ1n) is 7.84. The largest absolute Gasteiger partial charge is 0.384 e. The van der Waals surface area contributed by atoms with Crippen molar-refractivity contribution in [1.29, 1.82) is 0 Å². The van der Waals surface area contributed by atoms with E-state index in [-0.39, 0.29) is 5.69 Å². The average molecular weight is 313 g/mol. The molecule has 0 radical (unpaired) electrons. The number of non-ortho nitro benzene ring substituents is 1. The highest BCUT2D eigenvalue weighted by Crippen LogP contribution is 2.15. The van der Waals surface area contributed by atoms with Crippen molar-refractivity contribution in [3.63, 3.8) is 0 Å². The predicted molar refractivity (Wildman–Crippen MR) is 93.8 cm³/mol. The van der Waals surface area contributed by atoms with Crippen LogP contribution in [-0.2, 0) is 6.54 Å². The topological polar surface area (TPSA) is 67.2 Å². The molecule has 2 N–H and O–H groups in total. The van der Waals surface area contributed by atoms with Gasteiger partial charge in [-0.2, -0.15) is 0 Å². The van der Waals surface area contributed by atoms with Gasteiger partial charge in [-0.15, -0.1) is 0 Å². The summed E-state index contributed by atoms with van der Waals surface area (Å²) in [4.78, 5) is 10.2. The second-order valence-corrected chi connectivity index (χ2v) is 5.80. The third-order valence-electron chi connectivity index (χ3n) is 3.68. The third kappa shape index (κ3) is 5.38. The molecule has 0 aromatic heterocycles. The lowest BCUT2D eigenvalue weighted by atomic mass is 10.0. The molecule has 122 valence electrons. The Balaban J connectivity index is 1.68. The maximum Gasteiger partial charge on any atom is 0.269 e. The summed E-state index contributed by atoms with van der Waals surface area (Å²) in [5.74, 6) is 0.558. The van der Waals surface area contributed by atoms with Gasteiger partial charge in [0.15, 0.2) is 0 Å². The van der Waals surface area contributed by atoms with Crippen molar-refractivity contribution in [2.45, 2.75) is 26.3 Å². The number of hydrogen-bond donors (Lipinski definition) is 2. The Kier molecular flexibility index (Phi) is 6.11. The van der Waals surface area contributed by atoms with Crippen LogP contribution in [0.3, 0.4) is 0 Å². The molecule has 23 heavy (non-hydrogen) atoms. The highest BCUT2D eigenvalue weighted by Gasteiger charge is 2.03. The second-order valence-electron chi connectivity index (χ2n) is 5.80. The van der Waals surface area contributed by atoms with Crippen LogP contribution in [0, 0.1) is 10.1 Å². The number of nitrogens with zero attached hydrogens (tertiary/aromatic N) is 1. The van der Waals surface area contributed by atoms with Gasteiger partial charge in [0.1, 0.15) is 0 Å². The number of rotatable bonds is 8. The summed E-state index contributed by atoms with van der Waals surface area (Å²) in [6.07, 6.45) is 0. The molecule has 0 aliphatic carbocycles. The Bertz CT molecular complexity index is 622. The van der Waals surface area contributed by atoms with Crippen molar-refractivity contribution < 1.29 is 4.92 Å². The van der Waals surface area contributed by atoms with Crippen LogP contribution in [0.25, 0.3) is 0 Å². The van der Waals surface area contributed by atoms with Gasteiger partial charge >= 0.3 is 0 Å². The van der Waals surface area contributed by atoms with Crippen LogP contribution >= 0.6 is 0 Å². The van der Waals surface area contributed by atoms with E-state index in [1.807, 2.05) is 0 Å². The van der Waals surface area contributed by atoms with E-state index in [9.17, 15) is 10.1 Å². The van der Waals surface area contributed by atoms with Crippen molar-refractivity contribution in [1.82, 2.24) is 5.32 Å². The molecule has 5 heteroatoms. The Labute approximate surface area is 136 Å². The van der Waals surface area contributed by atoms with Gasteiger partial charge in [-0.3, -0.25) is 10.1 Å². The van der Waals surface area contributed by atoms with Crippen molar-refractivity contribution >= 4 is 11.4 Å². The smallest absolute Gasteiger partial charge is 0.269 e. The molecule has 0 atom stereocenters. The van der Waals surface area contributed by atoms with E-state index in [0.29, 0.717) is 5.92 Å². The van der Waals surface area contributed by atoms with Crippen molar-refractivity contribution in [3.05, 3.63) is 69.8 Å². The molecule has 0 amide bonds. The maximum atomic E-state index is 10.6. The van der Waals surface area contributed by atoms with E-state index in [4.69, 9.17) is 0 Å². The highest BCUT2D eigenvalue weighted by molar-refractivity contribution is 5.48. The van der Waals surface area contributed by atoms with Gasteiger partial charge in [0.2, 0.25) is 0 Å². The van der Waals surface area contributed by atoms with Crippen LogP contribution in [0.15, 0.2) is 48.5 Å². The van der Waals surface area contributed by atoms with Gasteiger partial charge < -0.3 is 10.6 Å². The average Bonchev–Trinajstić information content (AvgIpc) is 2.55. The molecule has 0 aliphatic rings. The van der Waals surface area contributed by atoms with Crippen molar-refractivity contribution in [2.24, 2.45) is 0 Å². The molecule has 2 aromatic carbocycles. The number of nitrogens with one attached hydrogen (secondary N) is 2. The molecule has 0 fully saturated rings. The minimum absolute atomic E-state index is 0.110. The second kappa shape index (κ2) is 8.29. The minimum atomic E-state index is -0.393. The van der Waals surface area contributed by atoms with Gasteiger partial charge in [-0.25, -0.2) is 0 Å². The molecule has 2 aromatic rings. The van der Waals surface area contributed by atoms with Crippen LogP contribution < -0.4 is 10.6 Å². The predicted octanol–water partition coefficient (Wildman–Crippen LogP) is 3.92. The lowest BCUT2D eigenvalue weighted by molar-refractivity contribution is -0.384. The summed E-state index contributed by atoms with van der Waals surface area (Å²) in [6, 6.07) is 15.1. The molecule has 0 heterocycles. The van der Waals surface area contributed by atoms with Crippen LogP contribution in [0.2, 0.25) is 0 Å². The molecule has 0 saturated carbocycles. The first-order valence-corrected chi connectivity index (χ1v) is 7.84. The van der Waals surface area contributed by atoms with Gasteiger partial charge in [-0.05, 0) is 29.2 Å². The number of nitro benzene ring substituents is 1. The fraction of sp³-hybridized carbons (Fsp3) is 0.333. The first-order chi connectivity index (χ1) is 11.1. The third-order valence-corrected chi connectivity index (χ3v) is 3.68. The highest BCUT2D eigenvalue weighted by atomic mass is 16.6. The van der Waals surface area contributed by atoms with E-state index in [1.165, 1.54) is 23.3 Å². The van der Waals surface area contributed by atoms with Gasteiger partial charge in [0.25, 0.3) is 5.69 Å². The summed E-state index contributed by atoms with van der Waals surface area (Å²) in [6.45, 7) is 6.80. The van der Waals surface area contributed by atoms with E-state index in [1.54, 1.807) is 12.1 Å². The van der Waals surface area contributed by atoms with Gasteiger partial charge in [0, 0.05) is 37.5 Å². The van der Waals surface area contributed by atoms with Crippen molar-refractivity contribution in [2.75, 3.05) is 18.4 Å². The monoisotopic (exact) mass is 313 g/mol. The van der Waals surface area contributed by atoms with Crippen LogP contribution in [-0.4, -0.2) is 18.0 Å². The molecule has 5 nitrogen and oxygen atoms in total. The van der Waals surface area contributed by atoms with Crippen molar-refractivity contribution in [3.8, 4) is 0 Å². The molecule has 0 saturated heterocycles. The Morgan fingerprint density at radius 2 is 1.65 bits per heavy atom. The first kappa shape index (κ1) is 17.0. The summed E-state index contributed by atoms with van der Waals surface area (Å²) in [7, 11) is 0. The Morgan fingerprint density at radius 1 is 1.00 bits per heavy atom. The van der Waals surface area contributed by atoms with Gasteiger partial charge in [-0.1, -0.05) is 38.1 Å².